The highest BCUT2D eigenvalue weighted by Crippen LogP contribution is 2.37. The number of alkyl halides is 3. The average Bonchev–Trinajstić information content (AvgIpc) is 2.85. The quantitative estimate of drug-likeness (QED) is 0.438. The molecule has 212 valence electrons. The second-order valence-electron chi connectivity index (χ2n) is 11.3. The van der Waals surface area contributed by atoms with Gasteiger partial charge in [0.05, 0.1) is 11.6 Å². The summed E-state index contributed by atoms with van der Waals surface area (Å²) in [4.78, 5) is 17.9. The van der Waals surface area contributed by atoms with Crippen LogP contribution in [0.5, 0.6) is 0 Å². The highest BCUT2D eigenvalue weighted by atomic mass is 35.5. The Morgan fingerprint density at radius 3 is 2.05 bits per heavy atom. The Morgan fingerprint density at radius 2 is 1.50 bits per heavy atom. The lowest BCUT2D eigenvalue weighted by Crippen LogP contribution is -2.60. The molecule has 0 spiro atoms. The molecular weight excluding hydrogens is 534 g/mol. The number of nitrogens with one attached hydrogen (secondary N) is 1. The van der Waals surface area contributed by atoms with Crippen LogP contribution in [0.3, 0.4) is 0 Å². The Morgan fingerprint density at radius 1 is 0.921 bits per heavy atom. The standard InChI is InChI=1S/C29H38F3N3O.2ClH/c1-28(2,3)25-20-34(17-18-35(25)26(36)19-21-13-15-33-16-14-21)27(22-7-5-4-6-8-22)23-9-11-24(12-10-23)29(30,31)32;;/h4-12,21,25,27,33H,13-20H2,1-3H3;2*1H/t25-,27?;;/m1../s1. The van der Waals surface area contributed by atoms with E-state index in [1.807, 2.05) is 30.3 Å². The molecule has 9 heteroatoms. The summed E-state index contributed by atoms with van der Waals surface area (Å²) < 4.78 is 39.6. The Balaban J connectivity index is 0.00000253. The molecule has 2 aromatic rings. The molecule has 2 aliphatic heterocycles. The zero-order valence-electron chi connectivity index (χ0n) is 22.3. The normalized spacial score (nSPS) is 20.3. The van der Waals surface area contributed by atoms with Crippen molar-refractivity contribution in [2.75, 3.05) is 32.7 Å². The van der Waals surface area contributed by atoms with Crippen LogP contribution in [0.25, 0.3) is 0 Å². The van der Waals surface area contributed by atoms with E-state index in [0.717, 1.165) is 37.1 Å². The highest BCUT2D eigenvalue weighted by molar-refractivity contribution is 5.85. The first kappa shape index (κ1) is 32.4. The number of nitrogens with zero attached hydrogens (tertiary/aromatic N) is 2. The lowest BCUT2D eigenvalue weighted by molar-refractivity contribution is -0.141. The molecule has 0 saturated carbocycles. The molecule has 1 unspecified atom stereocenters. The summed E-state index contributed by atoms with van der Waals surface area (Å²) in [6.07, 6.45) is -1.69. The van der Waals surface area contributed by atoms with E-state index >= 15 is 0 Å². The van der Waals surface area contributed by atoms with Gasteiger partial charge in [-0.05, 0) is 60.5 Å². The predicted octanol–water partition coefficient (Wildman–Crippen LogP) is 6.59. The van der Waals surface area contributed by atoms with Gasteiger partial charge in [0.15, 0.2) is 0 Å². The van der Waals surface area contributed by atoms with Gasteiger partial charge in [0.25, 0.3) is 0 Å². The zero-order valence-corrected chi connectivity index (χ0v) is 24.0. The Bertz CT molecular complexity index is 1010. The molecule has 2 fully saturated rings. The molecule has 2 heterocycles. The van der Waals surface area contributed by atoms with E-state index in [4.69, 9.17) is 0 Å². The van der Waals surface area contributed by atoms with Crippen molar-refractivity contribution in [1.82, 2.24) is 15.1 Å². The van der Waals surface area contributed by atoms with E-state index in [-0.39, 0.29) is 48.2 Å². The number of hydrogen-bond donors (Lipinski definition) is 1. The van der Waals surface area contributed by atoms with Crippen LogP contribution in [-0.4, -0.2) is 54.5 Å². The molecule has 2 aliphatic rings. The van der Waals surface area contributed by atoms with E-state index in [2.05, 4.69) is 35.9 Å². The fourth-order valence-electron chi connectivity index (χ4n) is 5.63. The monoisotopic (exact) mass is 573 g/mol. The molecule has 2 saturated heterocycles. The number of piperidine rings is 1. The first-order chi connectivity index (χ1) is 17.0. The molecule has 2 aromatic carbocycles. The molecule has 0 radical (unpaired) electrons. The van der Waals surface area contributed by atoms with Crippen LogP contribution >= 0.6 is 24.8 Å². The third kappa shape index (κ3) is 7.87. The van der Waals surface area contributed by atoms with Crippen molar-refractivity contribution in [3.05, 3.63) is 71.3 Å². The van der Waals surface area contributed by atoms with Gasteiger partial charge in [-0.1, -0.05) is 63.2 Å². The van der Waals surface area contributed by atoms with Crippen molar-refractivity contribution in [3.8, 4) is 0 Å². The molecule has 0 bridgehead atoms. The van der Waals surface area contributed by atoms with Gasteiger partial charge < -0.3 is 10.2 Å². The van der Waals surface area contributed by atoms with E-state index in [1.54, 1.807) is 12.1 Å². The molecule has 38 heavy (non-hydrogen) atoms. The molecule has 4 rings (SSSR count). The maximum Gasteiger partial charge on any atom is 0.416 e. The maximum atomic E-state index is 13.5. The largest absolute Gasteiger partial charge is 0.416 e. The number of rotatable bonds is 5. The van der Waals surface area contributed by atoms with Crippen molar-refractivity contribution < 1.29 is 18.0 Å². The third-order valence-corrected chi connectivity index (χ3v) is 7.69. The predicted molar refractivity (Wildman–Crippen MR) is 151 cm³/mol. The summed E-state index contributed by atoms with van der Waals surface area (Å²) in [6, 6.07) is 15.3. The minimum Gasteiger partial charge on any atom is -0.337 e. The summed E-state index contributed by atoms with van der Waals surface area (Å²) in [6.45, 7) is 10.4. The van der Waals surface area contributed by atoms with Crippen molar-refractivity contribution in [2.24, 2.45) is 11.3 Å². The number of piperazine rings is 1. The van der Waals surface area contributed by atoms with E-state index < -0.39 is 11.7 Å². The zero-order chi connectivity index (χ0) is 25.9. The molecular formula is C29H40Cl2F3N3O. The number of benzene rings is 2. The summed E-state index contributed by atoms with van der Waals surface area (Å²) >= 11 is 0. The van der Waals surface area contributed by atoms with Crippen LogP contribution in [0, 0.1) is 11.3 Å². The van der Waals surface area contributed by atoms with Crippen LogP contribution < -0.4 is 5.32 Å². The molecule has 0 aliphatic carbocycles. The average molecular weight is 575 g/mol. The van der Waals surface area contributed by atoms with Gasteiger partial charge in [-0.15, -0.1) is 24.8 Å². The fraction of sp³-hybridized carbons (Fsp3) is 0.552. The lowest BCUT2D eigenvalue weighted by atomic mass is 9.82. The fourth-order valence-corrected chi connectivity index (χ4v) is 5.63. The number of amides is 1. The van der Waals surface area contributed by atoms with Crippen LogP contribution in [0.4, 0.5) is 13.2 Å². The first-order valence-corrected chi connectivity index (χ1v) is 13.0. The summed E-state index contributed by atoms with van der Waals surface area (Å²) in [7, 11) is 0. The van der Waals surface area contributed by atoms with Crippen molar-refractivity contribution in [3.63, 3.8) is 0 Å². The molecule has 1 N–H and O–H groups in total. The maximum absolute atomic E-state index is 13.5. The SMILES string of the molecule is CC(C)(C)[C@H]1CN(C(c2ccccc2)c2ccc(C(F)(F)F)cc2)CCN1C(=O)CC1CCNCC1.Cl.Cl. The second-order valence-corrected chi connectivity index (χ2v) is 11.3. The minimum atomic E-state index is -4.36. The van der Waals surface area contributed by atoms with Crippen LogP contribution in [0.15, 0.2) is 54.6 Å². The van der Waals surface area contributed by atoms with E-state index in [1.165, 1.54) is 12.1 Å². The van der Waals surface area contributed by atoms with Gasteiger partial charge in [0.1, 0.15) is 0 Å². The van der Waals surface area contributed by atoms with Crippen molar-refractivity contribution >= 4 is 30.7 Å². The van der Waals surface area contributed by atoms with Crippen LogP contribution in [0.1, 0.15) is 62.8 Å². The van der Waals surface area contributed by atoms with Crippen LogP contribution in [-0.2, 0) is 11.0 Å². The molecule has 2 atom stereocenters. The molecule has 1 amide bonds. The van der Waals surface area contributed by atoms with Crippen molar-refractivity contribution in [1.29, 1.82) is 0 Å². The first-order valence-electron chi connectivity index (χ1n) is 13.0. The second kappa shape index (κ2) is 13.5. The Labute approximate surface area is 237 Å². The minimum absolute atomic E-state index is 0. The third-order valence-electron chi connectivity index (χ3n) is 7.69. The summed E-state index contributed by atoms with van der Waals surface area (Å²) in [5, 5.41) is 3.37. The summed E-state index contributed by atoms with van der Waals surface area (Å²) in [5.41, 5.74) is 1.10. The highest BCUT2D eigenvalue weighted by Gasteiger charge is 2.40. The number of carbonyl (C=O) groups is 1. The number of hydrogen-bond acceptors (Lipinski definition) is 3. The lowest BCUT2D eigenvalue weighted by Gasteiger charge is -2.49. The topological polar surface area (TPSA) is 35.6 Å². The van der Waals surface area contributed by atoms with Gasteiger partial charge in [-0.25, -0.2) is 0 Å². The molecule has 0 aromatic heterocycles. The molecule has 4 nitrogen and oxygen atoms in total. The Hall–Kier alpha value is -1.80. The van der Waals surface area contributed by atoms with Gasteiger partial charge in [-0.3, -0.25) is 9.69 Å². The van der Waals surface area contributed by atoms with Gasteiger partial charge >= 0.3 is 6.18 Å². The van der Waals surface area contributed by atoms with Gasteiger partial charge in [0.2, 0.25) is 5.91 Å². The number of carbonyl (C=O) groups excluding carboxylic acids is 1. The van der Waals surface area contributed by atoms with Gasteiger partial charge in [-0.2, -0.15) is 13.2 Å². The van der Waals surface area contributed by atoms with Gasteiger partial charge in [0, 0.05) is 32.1 Å². The van der Waals surface area contributed by atoms with E-state index in [9.17, 15) is 18.0 Å². The van der Waals surface area contributed by atoms with E-state index in [0.29, 0.717) is 32.0 Å². The van der Waals surface area contributed by atoms with Crippen LogP contribution in [0.2, 0.25) is 0 Å². The van der Waals surface area contributed by atoms with Crippen molar-refractivity contribution in [2.45, 2.75) is 58.3 Å². The smallest absolute Gasteiger partial charge is 0.337 e. The number of halogens is 5. The Kier molecular flexibility index (Phi) is 11.5. The summed E-state index contributed by atoms with van der Waals surface area (Å²) in [5.74, 6) is 0.661.